The van der Waals surface area contributed by atoms with Gasteiger partial charge < -0.3 is 19.3 Å². The zero-order valence-corrected chi connectivity index (χ0v) is 15.0. The number of methoxy groups -OCH3 is 2. The summed E-state index contributed by atoms with van der Waals surface area (Å²) in [5.41, 5.74) is 0. The fraction of sp³-hybridized carbons (Fsp3) is 0.944. The Bertz CT molecular complexity index is 293. The van der Waals surface area contributed by atoms with E-state index in [1.54, 1.807) is 14.2 Å². The van der Waals surface area contributed by atoms with Crippen molar-refractivity contribution in [2.45, 2.75) is 70.5 Å². The average Bonchev–Trinajstić information content (AvgIpc) is 2.62. The van der Waals surface area contributed by atoms with Gasteiger partial charge in [0.25, 0.3) is 0 Å². The highest BCUT2D eigenvalue weighted by molar-refractivity contribution is 5.72. The molecule has 1 N–H and O–H groups in total. The van der Waals surface area contributed by atoms with Gasteiger partial charge in [-0.05, 0) is 64.2 Å². The molecule has 0 heterocycles. The molecule has 136 valence electrons. The van der Waals surface area contributed by atoms with Crippen LogP contribution in [0.25, 0.3) is 0 Å². The molecule has 5 heteroatoms. The normalized spacial score (nSPS) is 31.0. The van der Waals surface area contributed by atoms with E-state index < -0.39 is 0 Å². The maximum absolute atomic E-state index is 11.3. The first-order valence-electron chi connectivity index (χ1n) is 8.97. The molecule has 2 saturated carbocycles. The molecule has 0 aliphatic heterocycles. The van der Waals surface area contributed by atoms with E-state index in [1.807, 2.05) is 6.92 Å². The van der Waals surface area contributed by atoms with Crippen molar-refractivity contribution in [2.75, 3.05) is 27.4 Å². The SMILES string of the molecule is CCOC(=O)C1CCC(OC)CC1.COC1CCC(CO)CC1. The quantitative estimate of drug-likeness (QED) is 0.785. The predicted octanol–water partition coefficient (Wildman–Crippen LogP) is 2.94. The van der Waals surface area contributed by atoms with Gasteiger partial charge in [0.1, 0.15) is 0 Å². The van der Waals surface area contributed by atoms with Crippen LogP contribution >= 0.6 is 0 Å². The summed E-state index contributed by atoms with van der Waals surface area (Å²) < 4.78 is 15.4. The van der Waals surface area contributed by atoms with Crippen molar-refractivity contribution in [1.82, 2.24) is 0 Å². The molecule has 0 radical (unpaired) electrons. The number of hydrogen-bond donors (Lipinski definition) is 1. The number of hydrogen-bond acceptors (Lipinski definition) is 5. The Kier molecular flexibility index (Phi) is 10.5. The molecule has 0 unspecified atom stereocenters. The van der Waals surface area contributed by atoms with Gasteiger partial charge in [0.15, 0.2) is 0 Å². The van der Waals surface area contributed by atoms with Crippen molar-refractivity contribution >= 4 is 5.97 Å². The Hall–Kier alpha value is -0.650. The zero-order valence-electron chi connectivity index (χ0n) is 15.0. The van der Waals surface area contributed by atoms with Crippen LogP contribution in [-0.2, 0) is 19.0 Å². The van der Waals surface area contributed by atoms with E-state index in [0.29, 0.717) is 31.3 Å². The van der Waals surface area contributed by atoms with Crippen molar-refractivity contribution in [2.24, 2.45) is 11.8 Å². The van der Waals surface area contributed by atoms with E-state index in [4.69, 9.17) is 19.3 Å². The molecule has 0 spiro atoms. The molecule has 0 saturated heterocycles. The van der Waals surface area contributed by atoms with E-state index in [1.165, 1.54) is 0 Å². The number of rotatable bonds is 5. The topological polar surface area (TPSA) is 65.0 Å². The van der Waals surface area contributed by atoms with Crippen molar-refractivity contribution in [1.29, 1.82) is 0 Å². The molecule has 0 aromatic carbocycles. The molecule has 5 nitrogen and oxygen atoms in total. The van der Waals surface area contributed by atoms with Crippen LogP contribution in [0.2, 0.25) is 0 Å². The summed E-state index contributed by atoms with van der Waals surface area (Å²) in [6.07, 6.45) is 9.13. The van der Waals surface area contributed by atoms with Gasteiger partial charge in [-0.3, -0.25) is 4.79 Å². The number of aliphatic hydroxyl groups is 1. The highest BCUT2D eigenvalue weighted by atomic mass is 16.5. The van der Waals surface area contributed by atoms with Gasteiger partial charge in [-0.2, -0.15) is 0 Å². The zero-order chi connectivity index (χ0) is 17.1. The van der Waals surface area contributed by atoms with Gasteiger partial charge >= 0.3 is 5.97 Å². The van der Waals surface area contributed by atoms with Crippen LogP contribution in [0, 0.1) is 11.8 Å². The molecule has 2 fully saturated rings. The summed E-state index contributed by atoms with van der Waals surface area (Å²) in [4.78, 5) is 11.3. The summed E-state index contributed by atoms with van der Waals surface area (Å²) in [6.45, 7) is 2.69. The molecule has 23 heavy (non-hydrogen) atoms. The minimum atomic E-state index is -0.0305. The van der Waals surface area contributed by atoms with Crippen LogP contribution in [0.5, 0.6) is 0 Å². The van der Waals surface area contributed by atoms with Gasteiger partial charge in [-0.15, -0.1) is 0 Å². The molecule has 0 atom stereocenters. The summed E-state index contributed by atoms with van der Waals surface area (Å²) >= 11 is 0. The lowest BCUT2D eigenvalue weighted by Crippen LogP contribution is -2.26. The van der Waals surface area contributed by atoms with Gasteiger partial charge in [0.05, 0.1) is 24.7 Å². The fourth-order valence-electron chi connectivity index (χ4n) is 3.34. The van der Waals surface area contributed by atoms with Crippen LogP contribution < -0.4 is 0 Å². The second-order valence-electron chi connectivity index (χ2n) is 6.52. The third-order valence-electron chi connectivity index (χ3n) is 5.01. The third kappa shape index (κ3) is 7.64. The minimum Gasteiger partial charge on any atom is -0.466 e. The monoisotopic (exact) mass is 330 g/mol. The first-order valence-corrected chi connectivity index (χ1v) is 8.97. The molecule has 0 aromatic rings. The second-order valence-corrected chi connectivity index (χ2v) is 6.52. The van der Waals surface area contributed by atoms with Gasteiger partial charge in [0.2, 0.25) is 0 Å². The lowest BCUT2D eigenvalue weighted by Gasteiger charge is -2.25. The van der Waals surface area contributed by atoms with Crippen LogP contribution in [-0.4, -0.2) is 50.7 Å². The molecule has 0 aromatic heterocycles. The smallest absolute Gasteiger partial charge is 0.308 e. The Balaban J connectivity index is 0.000000238. The lowest BCUT2D eigenvalue weighted by molar-refractivity contribution is -0.149. The largest absolute Gasteiger partial charge is 0.466 e. The molecule has 2 rings (SSSR count). The summed E-state index contributed by atoms with van der Waals surface area (Å²) in [5, 5.41) is 8.81. The highest BCUT2D eigenvalue weighted by Gasteiger charge is 2.26. The minimum absolute atomic E-state index is 0.0305. The Morgan fingerprint density at radius 1 is 0.913 bits per heavy atom. The highest BCUT2D eigenvalue weighted by Crippen LogP contribution is 2.26. The Labute approximate surface area is 140 Å². The average molecular weight is 330 g/mol. The summed E-state index contributed by atoms with van der Waals surface area (Å²) in [6, 6.07) is 0. The molecule has 0 bridgehead atoms. The summed E-state index contributed by atoms with van der Waals surface area (Å²) in [5.74, 6) is 0.634. The maximum Gasteiger partial charge on any atom is 0.308 e. The van der Waals surface area contributed by atoms with Crippen molar-refractivity contribution in [3.8, 4) is 0 Å². The van der Waals surface area contributed by atoms with E-state index >= 15 is 0 Å². The van der Waals surface area contributed by atoms with Gasteiger partial charge in [-0.1, -0.05) is 0 Å². The molecular formula is C18H34O5. The van der Waals surface area contributed by atoms with E-state index in [9.17, 15) is 4.79 Å². The lowest BCUT2D eigenvalue weighted by atomic mass is 9.87. The molecular weight excluding hydrogens is 296 g/mol. The Morgan fingerprint density at radius 3 is 1.78 bits per heavy atom. The number of esters is 1. The third-order valence-corrected chi connectivity index (χ3v) is 5.01. The molecule has 2 aliphatic carbocycles. The van der Waals surface area contributed by atoms with Gasteiger partial charge in [-0.25, -0.2) is 0 Å². The fourth-order valence-corrected chi connectivity index (χ4v) is 3.34. The number of ether oxygens (including phenoxy) is 3. The summed E-state index contributed by atoms with van der Waals surface area (Å²) in [7, 11) is 3.50. The van der Waals surface area contributed by atoms with E-state index in [2.05, 4.69) is 0 Å². The van der Waals surface area contributed by atoms with Gasteiger partial charge in [0, 0.05) is 20.8 Å². The van der Waals surface area contributed by atoms with Crippen molar-refractivity contribution < 1.29 is 24.1 Å². The maximum atomic E-state index is 11.3. The van der Waals surface area contributed by atoms with Crippen molar-refractivity contribution in [3.63, 3.8) is 0 Å². The standard InChI is InChI=1S/C10H18O3.C8H16O2/c1-3-13-10(11)8-4-6-9(12-2)7-5-8;1-10-8-4-2-7(6-9)3-5-8/h8-9H,3-7H2,1-2H3;7-9H,2-6H2,1H3. The molecule has 0 amide bonds. The van der Waals surface area contributed by atoms with E-state index in [0.717, 1.165) is 51.4 Å². The van der Waals surface area contributed by atoms with Crippen LogP contribution in [0.4, 0.5) is 0 Å². The number of carbonyl (C=O) groups is 1. The first kappa shape index (κ1) is 20.4. The van der Waals surface area contributed by atoms with E-state index in [-0.39, 0.29) is 11.9 Å². The van der Waals surface area contributed by atoms with Crippen LogP contribution in [0.1, 0.15) is 58.3 Å². The van der Waals surface area contributed by atoms with Crippen LogP contribution in [0.15, 0.2) is 0 Å². The van der Waals surface area contributed by atoms with Crippen LogP contribution in [0.3, 0.4) is 0 Å². The predicted molar refractivity (Wildman–Crippen MR) is 89.2 cm³/mol. The Morgan fingerprint density at radius 2 is 1.39 bits per heavy atom. The second kappa shape index (κ2) is 11.8. The first-order chi connectivity index (χ1) is 11.1. The molecule has 2 aliphatic rings. The number of aliphatic hydroxyl groups excluding tert-OH is 1. The van der Waals surface area contributed by atoms with Crippen molar-refractivity contribution in [3.05, 3.63) is 0 Å². The number of carbonyl (C=O) groups excluding carboxylic acids is 1.